The number of hydrogen-bond acceptors (Lipinski definition) is 4. The van der Waals surface area contributed by atoms with Crippen LogP contribution in [0.3, 0.4) is 0 Å². The van der Waals surface area contributed by atoms with Crippen LogP contribution in [-0.4, -0.2) is 37.0 Å². The topological polar surface area (TPSA) is 83.5 Å². The van der Waals surface area contributed by atoms with Crippen molar-refractivity contribution in [3.05, 3.63) is 29.6 Å². The van der Waals surface area contributed by atoms with E-state index in [4.69, 9.17) is 5.11 Å². The molecule has 7 heteroatoms. The van der Waals surface area contributed by atoms with Crippen LogP contribution in [0.2, 0.25) is 0 Å². The summed E-state index contributed by atoms with van der Waals surface area (Å²) in [5.74, 6) is -1.95. The van der Waals surface area contributed by atoms with Crippen LogP contribution < -0.4 is 5.32 Å². The first kappa shape index (κ1) is 13.8. The highest BCUT2D eigenvalue weighted by atomic mass is 32.2. The predicted octanol–water partition coefficient (Wildman–Crippen LogP) is 1.51. The molecule has 1 unspecified atom stereocenters. The number of hydrogen-bond donors (Lipinski definition) is 2. The van der Waals surface area contributed by atoms with Crippen molar-refractivity contribution < 1.29 is 22.7 Å². The van der Waals surface area contributed by atoms with Crippen LogP contribution in [0, 0.1) is 5.82 Å². The Kier molecular flexibility index (Phi) is 3.75. The van der Waals surface area contributed by atoms with Gasteiger partial charge in [-0.1, -0.05) is 0 Å². The number of anilines is 1. The largest absolute Gasteiger partial charge is 0.478 e. The maximum Gasteiger partial charge on any atom is 0.338 e. The minimum absolute atomic E-state index is 0.0206. The SMILES string of the molecule is O=C(O)c1cc(NC2CCCS(=O)(=O)C2)ccc1F. The fourth-order valence-corrected chi connectivity index (χ4v) is 3.79. The molecule has 2 rings (SSSR count). The number of carboxylic acids is 1. The first-order valence-electron chi connectivity index (χ1n) is 5.87. The Morgan fingerprint density at radius 2 is 2.16 bits per heavy atom. The lowest BCUT2D eigenvalue weighted by Gasteiger charge is -2.24. The van der Waals surface area contributed by atoms with Crippen LogP contribution in [0.4, 0.5) is 10.1 Å². The average molecular weight is 287 g/mol. The molecule has 5 nitrogen and oxygen atoms in total. The van der Waals surface area contributed by atoms with E-state index in [1.54, 1.807) is 0 Å². The van der Waals surface area contributed by atoms with Gasteiger partial charge in [-0.2, -0.15) is 0 Å². The van der Waals surface area contributed by atoms with Crippen molar-refractivity contribution in [3.8, 4) is 0 Å². The molecule has 2 N–H and O–H groups in total. The molecule has 1 aromatic rings. The normalized spacial score (nSPS) is 21.8. The smallest absolute Gasteiger partial charge is 0.338 e. The Bertz CT molecular complexity index is 600. The first-order chi connectivity index (χ1) is 8.87. The van der Waals surface area contributed by atoms with E-state index >= 15 is 0 Å². The quantitative estimate of drug-likeness (QED) is 0.880. The van der Waals surface area contributed by atoms with Crippen molar-refractivity contribution in [1.82, 2.24) is 0 Å². The molecule has 1 fully saturated rings. The molecule has 1 aliphatic heterocycles. The van der Waals surface area contributed by atoms with Crippen molar-refractivity contribution in [2.45, 2.75) is 18.9 Å². The van der Waals surface area contributed by atoms with E-state index in [-0.39, 0.29) is 17.5 Å². The van der Waals surface area contributed by atoms with E-state index in [0.717, 1.165) is 6.07 Å². The Hall–Kier alpha value is -1.63. The second-order valence-electron chi connectivity index (χ2n) is 4.60. The predicted molar refractivity (Wildman–Crippen MR) is 68.7 cm³/mol. The van der Waals surface area contributed by atoms with Gasteiger partial charge in [0.2, 0.25) is 0 Å². The second-order valence-corrected chi connectivity index (χ2v) is 6.83. The Morgan fingerprint density at radius 3 is 2.79 bits per heavy atom. The van der Waals surface area contributed by atoms with Crippen LogP contribution >= 0.6 is 0 Å². The Labute approximate surface area is 110 Å². The summed E-state index contributed by atoms with van der Waals surface area (Å²) >= 11 is 0. The lowest BCUT2D eigenvalue weighted by Crippen LogP contribution is -2.34. The zero-order valence-electron chi connectivity index (χ0n) is 10.1. The zero-order chi connectivity index (χ0) is 14.0. The van der Waals surface area contributed by atoms with Crippen molar-refractivity contribution in [2.24, 2.45) is 0 Å². The third-order valence-corrected chi connectivity index (χ3v) is 4.85. The van der Waals surface area contributed by atoms with Crippen molar-refractivity contribution in [2.75, 3.05) is 16.8 Å². The average Bonchev–Trinajstić information content (AvgIpc) is 2.30. The summed E-state index contributed by atoms with van der Waals surface area (Å²) in [7, 11) is -3.04. The minimum atomic E-state index is -3.04. The lowest BCUT2D eigenvalue weighted by molar-refractivity contribution is 0.0692. The molecule has 1 aliphatic rings. The lowest BCUT2D eigenvalue weighted by atomic mass is 10.1. The van der Waals surface area contributed by atoms with Crippen molar-refractivity contribution in [3.63, 3.8) is 0 Å². The van der Waals surface area contributed by atoms with Gasteiger partial charge in [0.1, 0.15) is 5.82 Å². The van der Waals surface area contributed by atoms with Gasteiger partial charge in [-0.3, -0.25) is 0 Å². The van der Waals surface area contributed by atoms with Gasteiger partial charge in [0.25, 0.3) is 0 Å². The molecule has 1 heterocycles. The standard InChI is InChI=1S/C12H14FNO4S/c13-11-4-3-8(6-10(11)12(15)16)14-9-2-1-5-19(17,18)7-9/h3-4,6,9,14H,1-2,5,7H2,(H,15,16). The van der Waals surface area contributed by atoms with Crippen LogP contribution in [0.25, 0.3) is 0 Å². The molecule has 0 bridgehead atoms. The number of aromatic carboxylic acids is 1. The molecule has 1 atom stereocenters. The highest BCUT2D eigenvalue weighted by Gasteiger charge is 2.24. The number of benzene rings is 1. The summed E-state index contributed by atoms with van der Waals surface area (Å²) in [6.45, 7) is 0. The Balaban J connectivity index is 2.15. The summed E-state index contributed by atoms with van der Waals surface area (Å²) in [5, 5.41) is 11.8. The van der Waals surface area contributed by atoms with Crippen LogP contribution in [0.5, 0.6) is 0 Å². The highest BCUT2D eigenvalue weighted by molar-refractivity contribution is 7.91. The molecule has 19 heavy (non-hydrogen) atoms. The van der Waals surface area contributed by atoms with E-state index in [2.05, 4.69) is 5.32 Å². The zero-order valence-corrected chi connectivity index (χ0v) is 10.9. The third kappa shape index (κ3) is 3.44. The second kappa shape index (κ2) is 5.16. The van der Waals surface area contributed by atoms with E-state index in [9.17, 15) is 17.6 Å². The van der Waals surface area contributed by atoms with Gasteiger partial charge in [0.05, 0.1) is 17.1 Å². The summed E-state index contributed by atoms with van der Waals surface area (Å²) in [5.41, 5.74) is -0.00966. The van der Waals surface area contributed by atoms with Gasteiger partial charge in [0.15, 0.2) is 9.84 Å². The number of halogens is 1. The minimum Gasteiger partial charge on any atom is -0.478 e. The maximum atomic E-state index is 13.2. The van der Waals surface area contributed by atoms with E-state index in [1.807, 2.05) is 0 Å². The molecule has 0 saturated carbocycles. The molecular formula is C12H14FNO4S. The first-order valence-corrected chi connectivity index (χ1v) is 7.69. The van der Waals surface area contributed by atoms with Gasteiger partial charge in [-0.05, 0) is 31.0 Å². The Morgan fingerprint density at radius 1 is 1.42 bits per heavy atom. The molecule has 0 spiro atoms. The van der Waals surface area contributed by atoms with Crippen molar-refractivity contribution >= 4 is 21.5 Å². The molecule has 1 saturated heterocycles. The molecular weight excluding hydrogens is 273 g/mol. The van der Waals surface area contributed by atoms with Crippen LogP contribution in [-0.2, 0) is 9.84 Å². The van der Waals surface area contributed by atoms with Gasteiger partial charge >= 0.3 is 5.97 Å². The number of sulfone groups is 1. The van der Waals surface area contributed by atoms with Gasteiger partial charge < -0.3 is 10.4 Å². The number of carbonyl (C=O) groups is 1. The summed E-state index contributed by atoms with van der Waals surface area (Å²) < 4.78 is 36.2. The van der Waals surface area contributed by atoms with Gasteiger partial charge in [-0.15, -0.1) is 0 Å². The van der Waals surface area contributed by atoms with Crippen LogP contribution in [0.1, 0.15) is 23.2 Å². The molecule has 0 aromatic heterocycles. The number of carboxylic acid groups (broad SMARTS) is 1. The van der Waals surface area contributed by atoms with E-state index < -0.39 is 27.2 Å². The maximum absolute atomic E-state index is 13.2. The summed E-state index contributed by atoms with van der Waals surface area (Å²) in [6.07, 6.45) is 1.27. The molecule has 104 valence electrons. The monoisotopic (exact) mass is 287 g/mol. The van der Waals surface area contributed by atoms with E-state index in [0.29, 0.717) is 18.5 Å². The molecule has 0 aliphatic carbocycles. The fourth-order valence-electron chi connectivity index (χ4n) is 2.15. The van der Waals surface area contributed by atoms with Gasteiger partial charge in [-0.25, -0.2) is 17.6 Å². The van der Waals surface area contributed by atoms with Gasteiger partial charge in [0, 0.05) is 11.7 Å². The third-order valence-electron chi connectivity index (χ3n) is 3.03. The van der Waals surface area contributed by atoms with Crippen LogP contribution in [0.15, 0.2) is 18.2 Å². The number of nitrogens with one attached hydrogen (secondary N) is 1. The summed E-state index contributed by atoms with van der Waals surface area (Å²) in [4.78, 5) is 10.8. The number of rotatable bonds is 3. The summed E-state index contributed by atoms with van der Waals surface area (Å²) in [6, 6.07) is 3.39. The van der Waals surface area contributed by atoms with E-state index in [1.165, 1.54) is 12.1 Å². The molecule has 0 radical (unpaired) electrons. The molecule has 1 aromatic carbocycles. The molecule has 0 amide bonds. The van der Waals surface area contributed by atoms with Crippen molar-refractivity contribution in [1.29, 1.82) is 0 Å². The fraction of sp³-hybridized carbons (Fsp3) is 0.417. The highest BCUT2D eigenvalue weighted by Crippen LogP contribution is 2.20.